The molecule has 0 bridgehead atoms. The van der Waals surface area contributed by atoms with Gasteiger partial charge in [0.1, 0.15) is 11.4 Å². The number of nitrogens with zero attached hydrogens (tertiary/aromatic N) is 2. The third-order valence-corrected chi connectivity index (χ3v) is 19.2. The van der Waals surface area contributed by atoms with Crippen LogP contribution in [0.25, 0.3) is 10.9 Å². The van der Waals surface area contributed by atoms with E-state index < -0.39 is 37.7 Å². The van der Waals surface area contributed by atoms with Crippen LogP contribution in [0.4, 0.5) is 4.79 Å². The average molecular weight is 1070 g/mol. The lowest BCUT2D eigenvalue weighted by molar-refractivity contribution is -0.164. The molecule has 15 heteroatoms. The maximum atomic E-state index is 14.0. The summed E-state index contributed by atoms with van der Waals surface area (Å²) in [5.41, 5.74) is 1.02. The molecule has 1 unspecified atom stereocenters. The van der Waals surface area contributed by atoms with Crippen LogP contribution >= 0.6 is 0 Å². The highest BCUT2D eigenvalue weighted by atomic mass is 28.4. The van der Waals surface area contributed by atoms with Gasteiger partial charge in [-0.05, 0) is 130 Å². The molecule has 408 valence electrons. The SMILES string of the molecule is CC(C)(C)OC(=O)N(Cc1ccc(C(=O)CCCCNC(=O)c2cccc(C(O)(C(=O)OCC3CCN(Cc4ccccc4)CC3)c3ccccc3)c2)cc1)C[C@H](O[Si](C)(C)C(C)(C)C)c1ccc(O)c2[nH]c(=O)ccc12. The van der Waals surface area contributed by atoms with Crippen molar-refractivity contribution in [3.8, 4) is 5.75 Å². The number of ether oxygens (including phenoxy) is 2. The van der Waals surface area contributed by atoms with Crippen molar-refractivity contribution in [1.29, 1.82) is 0 Å². The number of unbranched alkanes of at least 4 members (excludes halogenated alkanes) is 1. The molecule has 2 heterocycles. The van der Waals surface area contributed by atoms with Gasteiger partial charge < -0.3 is 39.3 Å². The van der Waals surface area contributed by atoms with Crippen LogP contribution in [0.3, 0.4) is 0 Å². The minimum Gasteiger partial charge on any atom is -0.506 e. The quantitative estimate of drug-likeness (QED) is 0.0232. The van der Waals surface area contributed by atoms with E-state index in [4.69, 9.17) is 13.9 Å². The second-order valence-corrected chi connectivity index (χ2v) is 27.6. The van der Waals surface area contributed by atoms with E-state index in [1.54, 1.807) is 98.5 Å². The number of hydrogen-bond donors (Lipinski definition) is 4. The van der Waals surface area contributed by atoms with Gasteiger partial charge in [-0.15, -0.1) is 0 Å². The average Bonchev–Trinajstić information content (AvgIpc) is 3.41. The topological polar surface area (TPSA) is 188 Å². The second-order valence-electron chi connectivity index (χ2n) is 22.8. The fourth-order valence-electron chi connectivity index (χ4n) is 9.29. The van der Waals surface area contributed by atoms with Crippen LogP contribution in [0.2, 0.25) is 18.1 Å². The molecule has 0 saturated carbocycles. The van der Waals surface area contributed by atoms with Crippen LogP contribution in [0.15, 0.2) is 138 Å². The van der Waals surface area contributed by atoms with Crippen LogP contribution in [0.1, 0.15) is 128 Å². The van der Waals surface area contributed by atoms with E-state index in [1.165, 1.54) is 23.8 Å². The number of nitrogens with one attached hydrogen (secondary N) is 2. The summed E-state index contributed by atoms with van der Waals surface area (Å²) in [5, 5.41) is 26.3. The van der Waals surface area contributed by atoms with Crippen molar-refractivity contribution in [2.45, 2.75) is 122 Å². The lowest BCUT2D eigenvalue weighted by Gasteiger charge is -2.41. The number of hydrogen-bond acceptors (Lipinski definition) is 11. The summed E-state index contributed by atoms with van der Waals surface area (Å²) in [6, 6.07) is 38.9. The number of H-pyrrole nitrogens is 1. The first-order valence-corrected chi connectivity index (χ1v) is 29.6. The van der Waals surface area contributed by atoms with Gasteiger partial charge >= 0.3 is 12.1 Å². The zero-order valence-corrected chi connectivity index (χ0v) is 46.9. The van der Waals surface area contributed by atoms with E-state index in [9.17, 15) is 34.2 Å². The Morgan fingerprint density at radius 2 is 1.44 bits per heavy atom. The summed E-state index contributed by atoms with van der Waals surface area (Å²) in [5.74, 6) is -1.17. The number of carbonyl (C=O) groups is 4. The number of amides is 2. The molecule has 0 aliphatic carbocycles. The zero-order chi connectivity index (χ0) is 55.5. The fraction of sp³-hybridized carbons (Fsp3) is 0.403. The van der Waals surface area contributed by atoms with Crippen molar-refractivity contribution in [1.82, 2.24) is 20.1 Å². The van der Waals surface area contributed by atoms with Crippen molar-refractivity contribution in [3.05, 3.63) is 183 Å². The van der Waals surface area contributed by atoms with Gasteiger partial charge in [0.15, 0.2) is 14.1 Å². The number of esters is 1. The molecular formula is C62H76N4O10Si. The number of pyridine rings is 1. The molecule has 1 aliphatic rings. The molecule has 14 nitrogen and oxygen atoms in total. The van der Waals surface area contributed by atoms with Gasteiger partial charge in [-0.2, -0.15) is 0 Å². The maximum Gasteiger partial charge on any atom is 0.410 e. The highest BCUT2D eigenvalue weighted by Gasteiger charge is 2.43. The highest BCUT2D eigenvalue weighted by molar-refractivity contribution is 6.74. The number of piperidine rings is 1. The number of Topliss-reactive ketones (excluding diaryl/α,β-unsaturated/α-hetero) is 1. The highest BCUT2D eigenvalue weighted by Crippen LogP contribution is 2.42. The smallest absolute Gasteiger partial charge is 0.410 e. The van der Waals surface area contributed by atoms with Crippen molar-refractivity contribution in [3.63, 3.8) is 0 Å². The lowest BCUT2D eigenvalue weighted by atomic mass is 9.85. The number of phenols is 1. The number of carbonyl (C=O) groups excluding carboxylic acids is 4. The Morgan fingerprint density at radius 1 is 0.779 bits per heavy atom. The molecule has 77 heavy (non-hydrogen) atoms. The Bertz CT molecular complexity index is 3030. The minimum atomic E-state index is -2.49. The number of ketones is 1. The normalized spacial score (nSPS) is 14.8. The van der Waals surface area contributed by atoms with E-state index in [0.29, 0.717) is 41.5 Å². The number of aromatic amines is 1. The van der Waals surface area contributed by atoms with Crippen molar-refractivity contribution in [2.24, 2.45) is 5.92 Å². The number of likely N-dealkylation sites (tertiary alicyclic amines) is 1. The summed E-state index contributed by atoms with van der Waals surface area (Å²) in [7, 11) is -2.49. The van der Waals surface area contributed by atoms with Gasteiger partial charge in [0.25, 0.3) is 5.91 Å². The zero-order valence-electron chi connectivity index (χ0n) is 45.9. The molecule has 6 aromatic rings. The first-order chi connectivity index (χ1) is 36.5. The molecule has 0 spiro atoms. The predicted molar refractivity (Wildman–Crippen MR) is 302 cm³/mol. The van der Waals surface area contributed by atoms with E-state index >= 15 is 0 Å². The molecule has 7 rings (SSSR count). The van der Waals surface area contributed by atoms with Gasteiger partial charge in [-0.3, -0.25) is 19.3 Å². The summed E-state index contributed by atoms with van der Waals surface area (Å²) in [6.45, 7) is 19.4. The van der Waals surface area contributed by atoms with Crippen LogP contribution in [0, 0.1) is 5.92 Å². The van der Waals surface area contributed by atoms with E-state index in [2.05, 4.69) is 61.2 Å². The molecule has 1 fully saturated rings. The molecule has 1 saturated heterocycles. The lowest BCUT2D eigenvalue weighted by Crippen LogP contribution is -2.45. The monoisotopic (exact) mass is 1060 g/mol. The van der Waals surface area contributed by atoms with Gasteiger partial charge in [0, 0.05) is 54.2 Å². The van der Waals surface area contributed by atoms with Gasteiger partial charge in [-0.1, -0.05) is 124 Å². The molecule has 1 aromatic heterocycles. The van der Waals surface area contributed by atoms with Gasteiger partial charge in [-0.25, -0.2) is 9.59 Å². The van der Waals surface area contributed by atoms with Crippen molar-refractivity contribution >= 4 is 43.0 Å². The number of aliphatic hydroxyl groups is 1. The Morgan fingerprint density at radius 3 is 2.10 bits per heavy atom. The first-order valence-electron chi connectivity index (χ1n) is 26.7. The summed E-state index contributed by atoms with van der Waals surface area (Å²) < 4.78 is 18.9. The summed E-state index contributed by atoms with van der Waals surface area (Å²) >= 11 is 0. The predicted octanol–water partition coefficient (Wildman–Crippen LogP) is 11.2. The number of rotatable bonds is 21. The Kier molecular flexibility index (Phi) is 18.8. The van der Waals surface area contributed by atoms with Crippen molar-refractivity contribution < 1.29 is 43.3 Å². The minimum absolute atomic E-state index is 0.0692. The molecule has 4 N–H and O–H groups in total. The fourth-order valence-corrected chi connectivity index (χ4v) is 10.6. The number of fused-ring (bicyclic) bond motifs is 1. The van der Waals surface area contributed by atoms with Gasteiger partial charge in [0.05, 0.1) is 24.8 Å². The Balaban J connectivity index is 0.948. The molecule has 1 aliphatic heterocycles. The molecular weight excluding hydrogens is 989 g/mol. The Labute approximate surface area is 453 Å². The third-order valence-electron chi connectivity index (χ3n) is 14.7. The van der Waals surface area contributed by atoms with E-state index in [1.807, 2.05) is 30.3 Å². The number of aromatic nitrogens is 1. The van der Waals surface area contributed by atoms with Crippen LogP contribution < -0.4 is 10.9 Å². The number of benzene rings is 5. The Hall–Kier alpha value is -6.91. The van der Waals surface area contributed by atoms with Crippen LogP contribution in [-0.2, 0) is 37.4 Å². The third kappa shape index (κ3) is 15.2. The largest absolute Gasteiger partial charge is 0.506 e. The molecule has 2 atom stereocenters. The van der Waals surface area contributed by atoms with Gasteiger partial charge in [0.2, 0.25) is 11.2 Å². The van der Waals surface area contributed by atoms with Crippen molar-refractivity contribution in [2.75, 3.05) is 32.8 Å². The standard InChI is InChI=1S/C62H76N4O10Si/c1-60(2,3)75-59(72)66(41-54(76-77(7,8)61(4,5)6)50-29-31-53(68)56-51(50)30-32-55(69)64-56)40-44-25-27-46(28-26-44)52(67)24-15-16-35-63-57(70)47-20-17-23-49(38-47)62(73,48-21-13-10-14-22-48)58(71)74-42-45-33-36-65(37-34-45)39-43-18-11-9-12-19-43/h9-14,17-23,25-32,38,45,54,68,73H,15-16,24,33-37,39-42H2,1-8H3,(H,63,70)(H,64,69)/t54-,62?/m0/s1. The van der Waals surface area contributed by atoms with E-state index in [0.717, 1.165) is 38.0 Å². The number of aromatic hydroxyl groups is 1. The second kappa shape index (κ2) is 25.0. The summed E-state index contributed by atoms with van der Waals surface area (Å²) in [4.78, 5) is 74.0. The van der Waals surface area contributed by atoms with Crippen LogP contribution in [0.5, 0.6) is 5.75 Å². The maximum absolute atomic E-state index is 14.0. The van der Waals surface area contributed by atoms with E-state index in [-0.39, 0.29) is 76.7 Å². The molecule has 0 radical (unpaired) electrons. The first kappa shape index (κ1) is 57.8. The molecule has 2 amide bonds. The number of phenolic OH excluding ortho intramolecular Hbond substituents is 1. The summed E-state index contributed by atoms with van der Waals surface area (Å²) in [6.07, 6.45) is 1.79. The van der Waals surface area contributed by atoms with Crippen LogP contribution in [-0.4, -0.2) is 95.5 Å². The molecule has 5 aromatic carbocycles.